The number of aliphatic hydroxyl groups is 1. The topological polar surface area (TPSA) is 29.5 Å². The van der Waals surface area contributed by atoms with E-state index in [1.165, 1.54) is 37.8 Å². The van der Waals surface area contributed by atoms with Crippen LogP contribution in [-0.2, 0) is 0 Å². The molecular weight excluding hydrogens is 243 g/mol. The smallest absolute Gasteiger partial charge is 0.125 e. The molecule has 1 aliphatic carbocycles. The van der Waals surface area contributed by atoms with Crippen LogP contribution in [-0.4, -0.2) is 11.2 Å². The summed E-state index contributed by atoms with van der Waals surface area (Å²) in [4.78, 5) is 0. The van der Waals surface area contributed by atoms with Crippen LogP contribution < -0.4 is 4.74 Å². The zero-order valence-corrected chi connectivity index (χ0v) is 11.3. The largest absolute Gasteiger partial charge is 0.490 e. The van der Waals surface area contributed by atoms with E-state index in [0.29, 0.717) is 23.7 Å². The number of hydrogen-bond acceptors (Lipinski definition) is 2. The molecule has 1 aromatic carbocycles. The summed E-state index contributed by atoms with van der Waals surface area (Å²) in [5.41, 5.74) is 0.598. The highest BCUT2D eigenvalue weighted by atomic mass is 19.1. The molecule has 0 spiro atoms. The van der Waals surface area contributed by atoms with Crippen molar-refractivity contribution in [1.29, 1.82) is 0 Å². The van der Waals surface area contributed by atoms with Gasteiger partial charge in [-0.15, -0.1) is 0 Å². The summed E-state index contributed by atoms with van der Waals surface area (Å²) in [6.45, 7) is 2.30. The van der Waals surface area contributed by atoms with Crippen molar-refractivity contribution in [2.75, 3.05) is 0 Å². The van der Waals surface area contributed by atoms with E-state index in [4.69, 9.17) is 4.74 Å². The average molecular weight is 264 g/mol. The lowest BCUT2D eigenvalue weighted by atomic mass is 9.78. The van der Waals surface area contributed by atoms with E-state index in [-0.39, 0.29) is 11.9 Å². The molecule has 1 aromatic rings. The van der Waals surface area contributed by atoms with E-state index in [1.807, 2.05) is 0 Å². The second-order valence-corrected chi connectivity index (χ2v) is 6.11. The molecule has 1 N–H and O–H groups in total. The Bertz CT molecular complexity index is 452. The average Bonchev–Trinajstić information content (AvgIpc) is 2.40. The highest BCUT2D eigenvalue weighted by molar-refractivity contribution is 5.37. The highest BCUT2D eigenvalue weighted by Gasteiger charge is 2.34. The molecule has 1 fully saturated rings. The quantitative estimate of drug-likeness (QED) is 0.835. The van der Waals surface area contributed by atoms with Gasteiger partial charge in [0.15, 0.2) is 0 Å². The molecule has 2 atom stereocenters. The van der Waals surface area contributed by atoms with Crippen molar-refractivity contribution < 1.29 is 14.2 Å². The van der Waals surface area contributed by atoms with Crippen LogP contribution in [0.1, 0.15) is 50.7 Å². The number of benzene rings is 1. The second kappa shape index (κ2) is 5.12. The number of ether oxygens (including phenoxy) is 1. The van der Waals surface area contributed by atoms with Gasteiger partial charge in [-0.2, -0.15) is 0 Å². The number of halogens is 1. The molecule has 104 valence electrons. The van der Waals surface area contributed by atoms with Crippen LogP contribution in [0.25, 0.3) is 0 Å². The fourth-order valence-electron chi connectivity index (χ4n) is 3.39. The van der Waals surface area contributed by atoms with Crippen LogP contribution in [0.5, 0.6) is 5.75 Å². The maximum Gasteiger partial charge on any atom is 0.125 e. The standard InChI is InChI=1S/C16H21FO2/c1-10-2-4-11(5-3-10)16-9-14(18)13-8-12(17)6-7-15(13)19-16/h6-8,10-11,14,16,18H,2-5,9H2,1H3/t10?,11?,14-,16?/m0/s1. The van der Waals surface area contributed by atoms with Gasteiger partial charge in [0.1, 0.15) is 17.7 Å². The number of hydrogen-bond donors (Lipinski definition) is 1. The van der Waals surface area contributed by atoms with E-state index < -0.39 is 6.10 Å². The first-order chi connectivity index (χ1) is 9.13. The van der Waals surface area contributed by atoms with Crippen LogP contribution in [0, 0.1) is 17.7 Å². The Morgan fingerprint density at radius 1 is 1.21 bits per heavy atom. The van der Waals surface area contributed by atoms with Gasteiger partial charge in [0.2, 0.25) is 0 Å². The number of aliphatic hydroxyl groups excluding tert-OH is 1. The predicted molar refractivity (Wildman–Crippen MR) is 71.5 cm³/mol. The third kappa shape index (κ3) is 2.62. The molecule has 19 heavy (non-hydrogen) atoms. The van der Waals surface area contributed by atoms with Crippen molar-refractivity contribution in [1.82, 2.24) is 0 Å². The third-order valence-electron chi connectivity index (χ3n) is 4.65. The summed E-state index contributed by atoms with van der Waals surface area (Å²) in [7, 11) is 0. The zero-order valence-electron chi connectivity index (χ0n) is 11.3. The van der Waals surface area contributed by atoms with Gasteiger partial charge in [-0.3, -0.25) is 0 Å². The fourth-order valence-corrected chi connectivity index (χ4v) is 3.39. The first-order valence-corrected chi connectivity index (χ1v) is 7.27. The first kappa shape index (κ1) is 12.9. The van der Waals surface area contributed by atoms with E-state index in [0.717, 1.165) is 5.92 Å². The van der Waals surface area contributed by atoms with Gasteiger partial charge < -0.3 is 9.84 Å². The summed E-state index contributed by atoms with van der Waals surface area (Å²) in [5, 5.41) is 10.2. The van der Waals surface area contributed by atoms with Crippen molar-refractivity contribution in [2.45, 2.75) is 51.2 Å². The van der Waals surface area contributed by atoms with Crippen molar-refractivity contribution in [3.63, 3.8) is 0 Å². The van der Waals surface area contributed by atoms with Gasteiger partial charge in [-0.05, 0) is 42.9 Å². The van der Waals surface area contributed by atoms with Crippen LogP contribution in [0.2, 0.25) is 0 Å². The Hall–Kier alpha value is -1.09. The molecule has 1 heterocycles. The molecule has 1 saturated carbocycles. The Balaban J connectivity index is 1.75. The van der Waals surface area contributed by atoms with Gasteiger partial charge in [0, 0.05) is 12.0 Å². The Morgan fingerprint density at radius 2 is 1.95 bits per heavy atom. The lowest BCUT2D eigenvalue weighted by Crippen LogP contribution is -2.34. The minimum Gasteiger partial charge on any atom is -0.490 e. The van der Waals surface area contributed by atoms with E-state index >= 15 is 0 Å². The maximum atomic E-state index is 13.2. The Labute approximate surface area is 113 Å². The normalized spacial score (nSPS) is 34.5. The van der Waals surface area contributed by atoms with Gasteiger partial charge in [-0.1, -0.05) is 19.8 Å². The molecule has 1 unspecified atom stereocenters. The SMILES string of the molecule is CC1CCC(C2C[C@H](O)c3cc(F)ccc3O2)CC1. The summed E-state index contributed by atoms with van der Waals surface area (Å²) in [5.74, 6) is 1.69. The van der Waals surface area contributed by atoms with E-state index in [2.05, 4.69) is 6.92 Å². The zero-order chi connectivity index (χ0) is 13.4. The van der Waals surface area contributed by atoms with Gasteiger partial charge >= 0.3 is 0 Å². The van der Waals surface area contributed by atoms with Crippen LogP contribution in [0.3, 0.4) is 0 Å². The summed E-state index contributed by atoms with van der Waals surface area (Å²) in [6, 6.07) is 4.43. The molecule has 2 nitrogen and oxygen atoms in total. The molecule has 2 aliphatic rings. The van der Waals surface area contributed by atoms with Crippen LogP contribution >= 0.6 is 0 Å². The van der Waals surface area contributed by atoms with Crippen LogP contribution in [0.4, 0.5) is 4.39 Å². The molecule has 0 amide bonds. The molecular formula is C16H21FO2. The molecule has 0 bridgehead atoms. The first-order valence-electron chi connectivity index (χ1n) is 7.27. The van der Waals surface area contributed by atoms with Gasteiger partial charge in [-0.25, -0.2) is 4.39 Å². The van der Waals surface area contributed by atoms with Crippen molar-refractivity contribution >= 4 is 0 Å². The molecule has 3 rings (SSSR count). The fraction of sp³-hybridized carbons (Fsp3) is 0.625. The summed E-state index contributed by atoms with van der Waals surface area (Å²) < 4.78 is 19.2. The Kier molecular flexibility index (Phi) is 3.48. The van der Waals surface area contributed by atoms with Gasteiger partial charge in [0.25, 0.3) is 0 Å². The monoisotopic (exact) mass is 264 g/mol. The minimum absolute atomic E-state index is 0.0838. The van der Waals surface area contributed by atoms with E-state index in [9.17, 15) is 9.50 Å². The van der Waals surface area contributed by atoms with Crippen molar-refractivity contribution in [3.8, 4) is 5.75 Å². The second-order valence-electron chi connectivity index (χ2n) is 6.11. The molecule has 0 radical (unpaired) electrons. The summed E-state index contributed by atoms with van der Waals surface area (Å²) >= 11 is 0. The van der Waals surface area contributed by atoms with Crippen molar-refractivity contribution in [3.05, 3.63) is 29.6 Å². The van der Waals surface area contributed by atoms with Crippen LogP contribution in [0.15, 0.2) is 18.2 Å². The molecule has 0 saturated heterocycles. The Morgan fingerprint density at radius 3 is 2.68 bits per heavy atom. The maximum absolute atomic E-state index is 13.2. The lowest BCUT2D eigenvalue weighted by molar-refractivity contribution is 0.0191. The lowest BCUT2D eigenvalue weighted by Gasteiger charge is -2.37. The molecule has 3 heteroatoms. The molecule has 1 aliphatic heterocycles. The highest BCUT2D eigenvalue weighted by Crippen LogP contribution is 2.41. The predicted octanol–water partition coefficient (Wildman–Crippen LogP) is 3.84. The molecule has 0 aromatic heterocycles. The number of fused-ring (bicyclic) bond motifs is 1. The van der Waals surface area contributed by atoms with Crippen molar-refractivity contribution in [2.24, 2.45) is 11.8 Å². The van der Waals surface area contributed by atoms with E-state index in [1.54, 1.807) is 6.07 Å². The number of rotatable bonds is 1. The summed E-state index contributed by atoms with van der Waals surface area (Å²) in [6.07, 6.45) is 4.93. The minimum atomic E-state index is -0.594. The third-order valence-corrected chi connectivity index (χ3v) is 4.65. The van der Waals surface area contributed by atoms with Gasteiger partial charge in [0.05, 0.1) is 6.10 Å².